The van der Waals surface area contributed by atoms with Gasteiger partial charge in [0.25, 0.3) is 0 Å². The molecule has 20 heavy (non-hydrogen) atoms. The van der Waals surface area contributed by atoms with Gasteiger partial charge in [-0.1, -0.05) is 30.3 Å². The van der Waals surface area contributed by atoms with Crippen LogP contribution >= 0.6 is 0 Å². The molecule has 0 radical (unpaired) electrons. The maximum absolute atomic E-state index is 12.0. The van der Waals surface area contributed by atoms with E-state index in [4.69, 9.17) is 0 Å². The normalized spacial score (nSPS) is 13.3. The quantitative estimate of drug-likeness (QED) is 0.816. The number of carbonyl (C=O) groups excluding carboxylic acids is 1. The van der Waals surface area contributed by atoms with E-state index in [1.54, 1.807) is 0 Å². The van der Waals surface area contributed by atoms with Crippen molar-refractivity contribution in [2.75, 3.05) is 20.1 Å². The summed E-state index contributed by atoms with van der Waals surface area (Å²) in [4.78, 5) is 12.7. The van der Waals surface area contributed by atoms with Crippen LogP contribution in [0.25, 0.3) is 0 Å². The van der Waals surface area contributed by atoms with Crippen LogP contribution in [0.2, 0.25) is 0 Å². The molecule has 0 aliphatic heterocycles. The Bertz CT molecular complexity index is 420. The van der Waals surface area contributed by atoms with E-state index in [1.165, 1.54) is 0 Å². The fraction of sp³-hybridized carbons (Fsp3) is 0.500. The third kappa shape index (κ3) is 5.21. The third-order valence-electron chi connectivity index (χ3n) is 3.17. The Balaban J connectivity index is 2.30. The minimum absolute atomic E-state index is 0.0180. The number of nitrogens with one attached hydrogen (secondary N) is 1. The zero-order chi connectivity index (χ0) is 15.2. The van der Waals surface area contributed by atoms with E-state index in [1.807, 2.05) is 54.5 Å². The number of rotatable bonds is 6. The summed E-state index contributed by atoms with van der Waals surface area (Å²) in [5, 5.41) is 1.87. The molecule has 112 valence electrons. The Kier molecular flexibility index (Phi) is 6.01. The van der Waals surface area contributed by atoms with E-state index in [2.05, 4.69) is 0 Å². The summed E-state index contributed by atoms with van der Waals surface area (Å²) in [5.74, 6) is -1.88. The number of nitrogens with zero attached hydrogens (tertiary/aromatic N) is 1. The molecule has 1 aromatic rings. The lowest BCUT2D eigenvalue weighted by Crippen LogP contribution is -2.38. The molecule has 3 nitrogen and oxygen atoms in total. The molecule has 6 heteroatoms. The van der Waals surface area contributed by atoms with Gasteiger partial charge in [0.2, 0.25) is 0 Å². The number of hydrogen-bond donors (Lipinski definition) is 1. The van der Waals surface area contributed by atoms with Crippen molar-refractivity contribution in [3.63, 3.8) is 0 Å². The van der Waals surface area contributed by atoms with Crippen molar-refractivity contribution < 1.29 is 18.0 Å². The highest BCUT2D eigenvalue weighted by atomic mass is 19.4. The topological polar surface area (TPSA) is 32.3 Å². The van der Waals surface area contributed by atoms with Gasteiger partial charge in [-0.05, 0) is 26.0 Å². The summed E-state index contributed by atoms with van der Waals surface area (Å²) >= 11 is 0. The first-order valence-electron chi connectivity index (χ1n) is 6.42. The Hall–Kier alpha value is -1.56. The van der Waals surface area contributed by atoms with Gasteiger partial charge in [-0.25, -0.2) is 0 Å². The van der Waals surface area contributed by atoms with Crippen LogP contribution in [-0.2, 0) is 4.79 Å². The summed E-state index contributed by atoms with van der Waals surface area (Å²) in [5.41, 5.74) is 1.15. The SMILES string of the molecule is C[C@H](c1ccccc1)N(C)CCCNC(=O)C(F)(F)F. The Morgan fingerprint density at radius 2 is 1.90 bits per heavy atom. The second kappa shape index (κ2) is 7.28. The number of benzene rings is 1. The summed E-state index contributed by atoms with van der Waals surface area (Å²) in [6, 6.07) is 10.0. The largest absolute Gasteiger partial charge is 0.471 e. The van der Waals surface area contributed by atoms with E-state index in [9.17, 15) is 18.0 Å². The first kappa shape index (κ1) is 16.5. The number of hydrogen-bond acceptors (Lipinski definition) is 2. The minimum atomic E-state index is -4.80. The Labute approximate surface area is 116 Å². The average molecular weight is 288 g/mol. The maximum atomic E-state index is 12.0. The summed E-state index contributed by atoms with van der Waals surface area (Å²) in [6.45, 7) is 2.65. The highest BCUT2D eigenvalue weighted by Crippen LogP contribution is 2.18. The zero-order valence-electron chi connectivity index (χ0n) is 11.6. The Morgan fingerprint density at radius 1 is 1.30 bits per heavy atom. The molecule has 0 aliphatic rings. The van der Waals surface area contributed by atoms with Crippen LogP contribution in [0.4, 0.5) is 13.2 Å². The lowest BCUT2D eigenvalue weighted by molar-refractivity contribution is -0.173. The number of halogens is 3. The highest BCUT2D eigenvalue weighted by Gasteiger charge is 2.38. The van der Waals surface area contributed by atoms with Gasteiger partial charge in [0.15, 0.2) is 0 Å². The molecule has 0 saturated carbocycles. The van der Waals surface area contributed by atoms with Gasteiger partial charge < -0.3 is 5.32 Å². The van der Waals surface area contributed by atoms with Crippen molar-refractivity contribution in [2.45, 2.75) is 25.6 Å². The van der Waals surface area contributed by atoms with Gasteiger partial charge in [-0.15, -0.1) is 0 Å². The Morgan fingerprint density at radius 3 is 2.45 bits per heavy atom. The molecule has 0 aliphatic carbocycles. The maximum Gasteiger partial charge on any atom is 0.471 e. The van der Waals surface area contributed by atoms with Crippen molar-refractivity contribution in [3.05, 3.63) is 35.9 Å². The van der Waals surface area contributed by atoms with Crippen molar-refractivity contribution in [1.29, 1.82) is 0 Å². The fourth-order valence-electron chi connectivity index (χ4n) is 1.81. The van der Waals surface area contributed by atoms with Gasteiger partial charge in [-0.3, -0.25) is 9.69 Å². The molecule has 0 bridgehead atoms. The molecule has 0 heterocycles. The highest BCUT2D eigenvalue weighted by molar-refractivity contribution is 5.81. The van der Waals surface area contributed by atoms with Crippen LogP contribution in [0.5, 0.6) is 0 Å². The van der Waals surface area contributed by atoms with Crippen molar-refractivity contribution in [3.8, 4) is 0 Å². The molecule has 1 amide bonds. The molecule has 0 spiro atoms. The second-order valence-electron chi connectivity index (χ2n) is 4.67. The van der Waals surface area contributed by atoms with E-state index >= 15 is 0 Å². The van der Waals surface area contributed by atoms with Gasteiger partial charge in [0.1, 0.15) is 0 Å². The molecule has 0 aromatic heterocycles. The molecule has 1 rings (SSSR count). The molecular formula is C14H19F3N2O. The van der Waals surface area contributed by atoms with E-state index in [0.717, 1.165) is 5.56 Å². The van der Waals surface area contributed by atoms with Gasteiger partial charge in [0, 0.05) is 19.1 Å². The molecule has 0 unspecified atom stereocenters. The zero-order valence-corrected chi connectivity index (χ0v) is 11.6. The van der Waals surface area contributed by atoms with E-state index < -0.39 is 12.1 Å². The number of alkyl halides is 3. The van der Waals surface area contributed by atoms with Crippen molar-refractivity contribution >= 4 is 5.91 Å². The van der Waals surface area contributed by atoms with Crippen LogP contribution in [-0.4, -0.2) is 37.1 Å². The lowest BCUT2D eigenvalue weighted by atomic mass is 10.1. The predicted molar refractivity (Wildman–Crippen MR) is 71.2 cm³/mol. The van der Waals surface area contributed by atoms with Crippen molar-refractivity contribution in [2.24, 2.45) is 0 Å². The molecule has 0 fully saturated rings. The minimum Gasteiger partial charge on any atom is -0.348 e. The first-order chi connectivity index (χ1) is 9.32. The fourth-order valence-corrected chi connectivity index (χ4v) is 1.81. The number of carbonyl (C=O) groups is 1. The molecular weight excluding hydrogens is 269 g/mol. The van der Waals surface area contributed by atoms with Crippen LogP contribution in [0.15, 0.2) is 30.3 Å². The monoisotopic (exact) mass is 288 g/mol. The second-order valence-corrected chi connectivity index (χ2v) is 4.67. The molecule has 1 atom stereocenters. The standard InChI is InChI=1S/C14H19F3N2O/c1-11(12-7-4-3-5-8-12)19(2)10-6-9-18-13(20)14(15,16)17/h3-5,7-8,11H,6,9-10H2,1-2H3,(H,18,20)/t11-/m1/s1. The van der Waals surface area contributed by atoms with Gasteiger partial charge >= 0.3 is 12.1 Å². The molecule has 0 saturated heterocycles. The summed E-state index contributed by atoms with van der Waals surface area (Å²) in [6.07, 6.45) is -4.33. The third-order valence-corrected chi connectivity index (χ3v) is 3.17. The van der Waals surface area contributed by atoms with Crippen LogP contribution in [0, 0.1) is 0 Å². The van der Waals surface area contributed by atoms with E-state index in [-0.39, 0.29) is 12.6 Å². The van der Waals surface area contributed by atoms with Crippen LogP contribution < -0.4 is 5.32 Å². The van der Waals surface area contributed by atoms with E-state index in [0.29, 0.717) is 13.0 Å². The van der Waals surface area contributed by atoms with Crippen LogP contribution in [0.1, 0.15) is 24.9 Å². The molecule has 1 N–H and O–H groups in total. The smallest absolute Gasteiger partial charge is 0.348 e. The molecule has 1 aromatic carbocycles. The van der Waals surface area contributed by atoms with Crippen molar-refractivity contribution in [1.82, 2.24) is 10.2 Å². The lowest BCUT2D eigenvalue weighted by Gasteiger charge is -2.25. The van der Waals surface area contributed by atoms with Crippen LogP contribution in [0.3, 0.4) is 0 Å². The summed E-state index contributed by atoms with van der Waals surface area (Å²) < 4.78 is 35.9. The van der Waals surface area contributed by atoms with Gasteiger partial charge in [0.05, 0.1) is 0 Å². The average Bonchev–Trinajstić information content (AvgIpc) is 2.42. The number of amides is 1. The first-order valence-corrected chi connectivity index (χ1v) is 6.42. The van der Waals surface area contributed by atoms with Gasteiger partial charge in [-0.2, -0.15) is 13.2 Å². The predicted octanol–water partition coefficient (Wildman–Crippen LogP) is 2.75. The summed E-state index contributed by atoms with van der Waals surface area (Å²) in [7, 11) is 1.91.